The molecule has 1 nitrogen and oxygen atoms in total. The molecule has 0 aromatic heterocycles. The highest BCUT2D eigenvalue weighted by Gasteiger charge is 2.60. The molecule has 0 unspecified atom stereocenters. The highest BCUT2D eigenvalue weighted by molar-refractivity contribution is 5.95. The second-order valence-corrected chi connectivity index (χ2v) is 10.7. The predicted molar refractivity (Wildman–Crippen MR) is 118 cm³/mol. The van der Waals surface area contributed by atoms with Crippen LogP contribution in [0.3, 0.4) is 0 Å². The van der Waals surface area contributed by atoms with Crippen LogP contribution in [0.5, 0.6) is 0 Å². The summed E-state index contributed by atoms with van der Waals surface area (Å²) in [5.41, 5.74) is 1.40. The van der Waals surface area contributed by atoms with E-state index in [1.54, 1.807) is 0 Å². The Bertz CT molecular complexity index is 886. The lowest BCUT2D eigenvalue weighted by molar-refractivity contribution is -0.133. The summed E-state index contributed by atoms with van der Waals surface area (Å²) in [7, 11) is 0. The van der Waals surface area contributed by atoms with Crippen LogP contribution in [0, 0.1) is 46.3 Å². The van der Waals surface area contributed by atoms with Gasteiger partial charge >= 0.3 is 0 Å². The van der Waals surface area contributed by atoms with Gasteiger partial charge in [-0.15, -0.1) is 0 Å². The third kappa shape index (κ3) is 3.16. The number of allylic oxidation sites excluding steroid dienone is 4. The number of carbonyl (C=O) groups excluding carboxylic acids is 1. The molecule has 156 valence electrons. The zero-order valence-corrected chi connectivity index (χ0v) is 17.9. The number of fused-ring (bicyclic) bond motifs is 5. The minimum Gasteiger partial charge on any atom is -0.295 e. The summed E-state index contributed by atoms with van der Waals surface area (Å²) in [6.45, 7) is 1.25. The molecule has 0 heterocycles. The molecule has 0 spiro atoms. The van der Waals surface area contributed by atoms with Gasteiger partial charge < -0.3 is 0 Å². The maximum atomic E-state index is 13.4. The Hall–Kier alpha value is -0.850. The minimum atomic E-state index is -2.84. The topological polar surface area (TPSA) is 17.1 Å². The van der Waals surface area contributed by atoms with Gasteiger partial charge in [-0.3, -0.25) is 4.79 Å². The lowest BCUT2D eigenvalue weighted by Gasteiger charge is -2.56. The van der Waals surface area contributed by atoms with Crippen molar-refractivity contribution >= 4 is 5.78 Å². The Morgan fingerprint density at radius 3 is 2.79 bits per heavy atom. The molecular weight excluding hydrogens is 340 g/mol. The van der Waals surface area contributed by atoms with Crippen molar-refractivity contribution in [3.05, 3.63) is 23.8 Å². The molecule has 7 atom stereocenters. The number of carbonyl (C=O) groups is 1. The molecule has 0 radical (unpaired) electrons. The quantitative estimate of drug-likeness (QED) is 0.479. The SMILES string of the molecule is [2H]C([2H])([2H])C([2H])(CCC[C@@H](C)[C@H]1CC[C@H]2[C@@H]3C(=O)C=C4C=CCC[C@]4(C)[C@H]3CC[C@]12C)C([2H])([2H])[2H]. The van der Waals surface area contributed by atoms with E-state index in [-0.39, 0.29) is 23.2 Å². The van der Waals surface area contributed by atoms with Crippen LogP contribution in [0.1, 0.15) is 102 Å². The van der Waals surface area contributed by atoms with Crippen LogP contribution in [-0.2, 0) is 4.79 Å². The lowest BCUT2D eigenvalue weighted by atomic mass is 9.47. The summed E-state index contributed by atoms with van der Waals surface area (Å²) < 4.78 is 54.4. The van der Waals surface area contributed by atoms with E-state index >= 15 is 0 Å². The van der Waals surface area contributed by atoms with E-state index in [1.165, 1.54) is 5.57 Å². The molecule has 0 saturated heterocycles. The zero-order chi connectivity index (χ0) is 26.0. The largest absolute Gasteiger partial charge is 0.295 e. The number of hydrogen-bond acceptors (Lipinski definition) is 1. The molecule has 0 aliphatic heterocycles. The fourth-order valence-corrected chi connectivity index (χ4v) is 7.82. The van der Waals surface area contributed by atoms with Crippen molar-refractivity contribution in [2.45, 2.75) is 92.3 Å². The molecule has 0 aromatic rings. The fourth-order valence-electron chi connectivity index (χ4n) is 7.82. The van der Waals surface area contributed by atoms with Gasteiger partial charge in [0.25, 0.3) is 0 Å². The maximum absolute atomic E-state index is 13.4. The smallest absolute Gasteiger partial charge is 0.159 e. The molecule has 4 aliphatic carbocycles. The third-order valence-electron chi connectivity index (χ3n) is 9.35. The summed E-state index contributed by atoms with van der Waals surface area (Å²) in [5, 5.41) is 0. The summed E-state index contributed by atoms with van der Waals surface area (Å²) in [6.07, 6.45) is 13.8. The van der Waals surface area contributed by atoms with Gasteiger partial charge in [0.2, 0.25) is 0 Å². The second kappa shape index (κ2) is 7.44. The Morgan fingerprint density at radius 1 is 1.18 bits per heavy atom. The van der Waals surface area contributed by atoms with Gasteiger partial charge in [-0.05, 0) is 90.6 Å². The first kappa shape index (κ1) is 13.5. The van der Waals surface area contributed by atoms with Crippen molar-refractivity contribution in [1.82, 2.24) is 0 Å². The van der Waals surface area contributed by atoms with Crippen molar-refractivity contribution in [3.63, 3.8) is 0 Å². The summed E-state index contributed by atoms with van der Waals surface area (Å²) >= 11 is 0. The van der Waals surface area contributed by atoms with Gasteiger partial charge in [0.05, 0.1) is 0 Å². The average Bonchev–Trinajstić information content (AvgIpc) is 3.09. The highest BCUT2D eigenvalue weighted by Crippen LogP contribution is 2.66. The van der Waals surface area contributed by atoms with Gasteiger partial charge in [0.15, 0.2) is 5.78 Å². The van der Waals surface area contributed by atoms with E-state index in [1.807, 2.05) is 6.08 Å². The molecule has 28 heavy (non-hydrogen) atoms. The fraction of sp³-hybridized carbons (Fsp3) is 0.815. The second-order valence-electron chi connectivity index (χ2n) is 10.7. The van der Waals surface area contributed by atoms with Crippen LogP contribution in [0.4, 0.5) is 0 Å². The molecule has 0 bridgehead atoms. The molecule has 0 N–H and O–H groups in total. The van der Waals surface area contributed by atoms with Crippen LogP contribution in [0.25, 0.3) is 0 Å². The van der Waals surface area contributed by atoms with Gasteiger partial charge in [0.1, 0.15) is 0 Å². The number of ketones is 1. The Balaban J connectivity index is 1.48. The first-order valence-electron chi connectivity index (χ1n) is 15.0. The van der Waals surface area contributed by atoms with Crippen LogP contribution in [-0.4, -0.2) is 5.78 Å². The maximum Gasteiger partial charge on any atom is 0.159 e. The first-order valence-corrected chi connectivity index (χ1v) is 11.5. The minimum absolute atomic E-state index is 0.0779. The van der Waals surface area contributed by atoms with Crippen LogP contribution in [0.2, 0.25) is 0 Å². The third-order valence-corrected chi connectivity index (χ3v) is 9.35. The van der Waals surface area contributed by atoms with Gasteiger partial charge in [-0.25, -0.2) is 0 Å². The Kier molecular flexibility index (Phi) is 3.57. The Labute approximate surface area is 183 Å². The number of rotatable bonds is 5. The van der Waals surface area contributed by atoms with Crippen LogP contribution >= 0.6 is 0 Å². The molecule has 2 fully saturated rings. The molecule has 2 saturated carbocycles. The van der Waals surface area contributed by atoms with E-state index in [4.69, 9.17) is 9.60 Å². The van der Waals surface area contributed by atoms with Crippen molar-refractivity contribution in [2.24, 2.45) is 46.3 Å². The monoisotopic (exact) mass is 389 g/mol. The Morgan fingerprint density at radius 2 is 2.00 bits per heavy atom. The molecule has 4 aliphatic rings. The molecule has 1 heteroatoms. The van der Waals surface area contributed by atoms with Gasteiger partial charge in [0, 0.05) is 15.5 Å². The zero-order valence-electron chi connectivity index (χ0n) is 24.9. The number of hydrogen-bond donors (Lipinski definition) is 0. The van der Waals surface area contributed by atoms with Crippen molar-refractivity contribution in [1.29, 1.82) is 0 Å². The van der Waals surface area contributed by atoms with Gasteiger partial charge in [-0.1, -0.05) is 65.9 Å². The lowest BCUT2D eigenvalue weighted by Crippen LogP contribution is -2.52. The van der Waals surface area contributed by atoms with Crippen molar-refractivity contribution in [2.75, 3.05) is 0 Å². The normalized spacial score (nSPS) is 48.3. The van der Waals surface area contributed by atoms with E-state index in [9.17, 15) is 4.79 Å². The molecular formula is C27H42O. The van der Waals surface area contributed by atoms with E-state index in [0.717, 1.165) is 38.5 Å². The highest BCUT2D eigenvalue weighted by atomic mass is 16.1. The van der Waals surface area contributed by atoms with Crippen LogP contribution < -0.4 is 0 Å². The van der Waals surface area contributed by atoms with Gasteiger partial charge in [-0.2, -0.15) is 0 Å². The molecule has 0 amide bonds. The van der Waals surface area contributed by atoms with Crippen molar-refractivity contribution < 1.29 is 14.4 Å². The first-order chi connectivity index (χ1) is 16.1. The van der Waals surface area contributed by atoms with Crippen molar-refractivity contribution in [3.8, 4) is 0 Å². The van der Waals surface area contributed by atoms with Crippen LogP contribution in [0.15, 0.2) is 23.8 Å². The predicted octanol–water partition coefficient (Wildman–Crippen LogP) is 7.37. The molecule has 0 aromatic carbocycles. The molecule has 4 rings (SSSR count). The summed E-state index contributed by atoms with van der Waals surface area (Å²) in [6, 6.07) is 0. The van der Waals surface area contributed by atoms with E-state index in [0.29, 0.717) is 42.3 Å². The van der Waals surface area contributed by atoms with E-state index in [2.05, 4.69) is 32.9 Å². The summed E-state index contributed by atoms with van der Waals surface area (Å²) in [5.74, 6) is -0.493. The summed E-state index contributed by atoms with van der Waals surface area (Å²) in [4.78, 5) is 13.4. The average molecular weight is 390 g/mol. The standard InChI is InChI=1S/C27H42O/c1-18(2)9-8-10-19(3)21-12-13-22-25-23(14-16-27(21,22)5)26(4)15-7-6-11-20(26)17-24(25)28/h6,11,17-19,21-23,25H,7-10,12-16H2,1-5H3/t19-,21-,22+,23+,25+,26+,27-/m1/s1/i1D3,2D3,18D. The van der Waals surface area contributed by atoms with E-state index < -0.39 is 19.6 Å².